The van der Waals surface area contributed by atoms with E-state index in [9.17, 15) is 5.11 Å². The first-order valence-electron chi connectivity index (χ1n) is 13.1. The number of hydrogen-bond acceptors (Lipinski definition) is 3. The van der Waals surface area contributed by atoms with Crippen molar-refractivity contribution in [2.75, 3.05) is 23.0 Å². The minimum Gasteiger partial charge on any atom is -0.508 e. The Balaban J connectivity index is 2.31. The van der Waals surface area contributed by atoms with Gasteiger partial charge in [0.1, 0.15) is 5.75 Å². The highest BCUT2D eigenvalue weighted by Crippen LogP contribution is 2.32. The van der Waals surface area contributed by atoms with Crippen LogP contribution >= 0.6 is 23.5 Å². The molecule has 1 aromatic carbocycles. The molecular formula is C28H50OS2. The molecule has 3 heteroatoms. The van der Waals surface area contributed by atoms with Crippen LogP contribution in [-0.4, -0.2) is 28.1 Å². The summed E-state index contributed by atoms with van der Waals surface area (Å²) in [5.41, 5.74) is 1.40. The van der Waals surface area contributed by atoms with Crippen molar-refractivity contribution >= 4 is 23.5 Å². The Kier molecular flexibility index (Phi) is 18.9. The Morgan fingerprint density at radius 3 is 1.77 bits per heavy atom. The molecule has 1 rings (SSSR count). The van der Waals surface area contributed by atoms with Gasteiger partial charge in [0.2, 0.25) is 0 Å². The fraction of sp³-hybridized carbons (Fsp3) is 0.786. The molecule has 0 spiro atoms. The molecule has 0 fully saturated rings. The third-order valence-electron chi connectivity index (χ3n) is 6.31. The summed E-state index contributed by atoms with van der Waals surface area (Å²) < 4.78 is 0. The van der Waals surface area contributed by atoms with Crippen LogP contribution < -0.4 is 0 Å². The van der Waals surface area contributed by atoms with E-state index in [2.05, 4.69) is 56.4 Å². The minimum atomic E-state index is 0.379. The zero-order valence-electron chi connectivity index (χ0n) is 20.7. The monoisotopic (exact) mass is 466 g/mol. The lowest BCUT2D eigenvalue weighted by Crippen LogP contribution is -2.14. The lowest BCUT2D eigenvalue weighted by atomic mass is 9.87. The highest BCUT2D eigenvalue weighted by molar-refractivity contribution is 7.99. The molecule has 1 N–H and O–H groups in total. The van der Waals surface area contributed by atoms with E-state index < -0.39 is 0 Å². The average Bonchev–Trinajstić information content (AvgIpc) is 2.77. The van der Waals surface area contributed by atoms with E-state index in [0.29, 0.717) is 17.6 Å². The van der Waals surface area contributed by atoms with Crippen molar-refractivity contribution in [1.82, 2.24) is 0 Å². The zero-order chi connectivity index (χ0) is 22.6. The Labute approximate surface area is 203 Å². The van der Waals surface area contributed by atoms with Gasteiger partial charge in [-0.2, -0.15) is 23.5 Å². The van der Waals surface area contributed by atoms with Crippen molar-refractivity contribution in [3.8, 4) is 5.75 Å². The van der Waals surface area contributed by atoms with Crippen LogP contribution in [0.5, 0.6) is 5.75 Å². The highest BCUT2D eigenvalue weighted by Gasteiger charge is 2.19. The lowest BCUT2D eigenvalue weighted by molar-refractivity contribution is 0.469. The van der Waals surface area contributed by atoms with E-state index >= 15 is 0 Å². The van der Waals surface area contributed by atoms with Gasteiger partial charge in [-0.25, -0.2) is 0 Å². The van der Waals surface area contributed by atoms with Crippen molar-refractivity contribution in [1.29, 1.82) is 0 Å². The number of benzene rings is 1. The molecule has 31 heavy (non-hydrogen) atoms. The molecule has 180 valence electrons. The van der Waals surface area contributed by atoms with Crippen LogP contribution in [0.4, 0.5) is 0 Å². The van der Waals surface area contributed by atoms with Crippen LogP contribution in [0, 0.1) is 5.92 Å². The summed E-state index contributed by atoms with van der Waals surface area (Å²) in [6.07, 6.45) is 18.0. The third kappa shape index (κ3) is 15.2. The van der Waals surface area contributed by atoms with Gasteiger partial charge >= 0.3 is 0 Å². The van der Waals surface area contributed by atoms with Gasteiger partial charge in [0.15, 0.2) is 0 Å². The van der Waals surface area contributed by atoms with E-state index in [1.165, 1.54) is 112 Å². The van der Waals surface area contributed by atoms with Gasteiger partial charge in [0, 0.05) is 5.75 Å². The first-order valence-corrected chi connectivity index (χ1v) is 15.4. The number of phenols is 1. The van der Waals surface area contributed by atoms with Crippen molar-refractivity contribution in [2.24, 2.45) is 5.92 Å². The Morgan fingerprint density at radius 1 is 0.677 bits per heavy atom. The summed E-state index contributed by atoms with van der Waals surface area (Å²) in [5.74, 6) is 6.79. The van der Waals surface area contributed by atoms with E-state index in [-0.39, 0.29) is 0 Å². The zero-order valence-corrected chi connectivity index (χ0v) is 22.4. The number of phenolic OH excluding ortho intramolecular Hbond substituents is 1. The highest BCUT2D eigenvalue weighted by atomic mass is 32.2. The lowest BCUT2D eigenvalue weighted by Gasteiger charge is -2.24. The summed E-state index contributed by atoms with van der Waals surface area (Å²) in [4.78, 5) is 0. The second-order valence-electron chi connectivity index (χ2n) is 9.19. The number of aromatic hydroxyl groups is 1. The van der Waals surface area contributed by atoms with E-state index in [0.717, 1.165) is 0 Å². The van der Waals surface area contributed by atoms with Gasteiger partial charge in [-0.3, -0.25) is 0 Å². The summed E-state index contributed by atoms with van der Waals surface area (Å²) in [5, 5.41) is 9.70. The molecule has 0 aromatic heterocycles. The van der Waals surface area contributed by atoms with Crippen molar-refractivity contribution in [3.63, 3.8) is 0 Å². The van der Waals surface area contributed by atoms with Crippen molar-refractivity contribution in [3.05, 3.63) is 29.8 Å². The molecule has 1 nitrogen and oxygen atoms in total. The SMILES string of the molecule is CCCCCCCCSCCC(C)C(CSCCCCCCCC)c1ccc(O)cc1. The van der Waals surface area contributed by atoms with Crippen LogP contribution in [0.3, 0.4) is 0 Å². The summed E-state index contributed by atoms with van der Waals surface area (Å²) in [6, 6.07) is 8.01. The smallest absolute Gasteiger partial charge is 0.115 e. The van der Waals surface area contributed by atoms with Gasteiger partial charge in [-0.05, 0) is 66.1 Å². The maximum Gasteiger partial charge on any atom is 0.115 e. The summed E-state index contributed by atoms with van der Waals surface area (Å²) >= 11 is 4.29. The molecule has 2 atom stereocenters. The van der Waals surface area contributed by atoms with Gasteiger partial charge in [-0.1, -0.05) is 97.1 Å². The quantitative estimate of drug-likeness (QED) is 0.182. The second kappa shape index (κ2) is 20.3. The molecule has 0 aliphatic rings. The molecule has 0 aliphatic heterocycles. The maximum absolute atomic E-state index is 9.70. The van der Waals surface area contributed by atoms with Gasteiger partial charge in [0.05, 0.1) is 0 Å². The number of hydrogen-bond donors (Lipinski definition) is 1. The first-order chi connectivity index (χ1) is 15.2. The predicted molar refractivity (Wildman–Crippen MR) is 146 cm³/mol. The Morgan fingerprint density at radius 2 is 1.19 bits per heavy atom. The van der Waals surface area contributed by atoms with Crippen LogP contribution in [0.2, 0.25) is 0 Å². The van der Waals surface area contributed by atoms with Crippen LogP contribution in [0.25, 0.3) is 0 Å². The Hall–Kier alpha value is -0.280. The largest absolute Gasteiger partial charge is 0.508 e. The first kappa shape index (κ1) is 28.8. The van der Waals surface area contributed by atoms with E-state index in [1.807, 2.05) is 12.1 Å². The van der Waals surface area contributed by atoms with E-state index in [1.54, 1.807) is 0 Å². The summed E-state index contributed by atoms with van der Waals surface area (Å²) in [7, 11) is 0. The van der Waals surface area contributed by atoms with Gasteiger partial charge in [-0.15, -0.1) is 0 Å². The molecule has 1 aromatic rings. The molecule has 0 saturated heterocycles. The van der Waals surface area contributed by atoms with Gasteiger partial charge in [0.25, 0.3) is 0 Å². The number of unbranched alkanes of at least 4 members (excludes halogenated alkanes) is 10. The second-order valence-corrected chi connectivity index (χ2v) is 11.6. The van der Waals surface area contributed by atoms with Crippen LogP contribution in [0.15, 0.2) is 24.3 Å². The normalized spacial score (nSPS) is 13.4. The average molecular weight is 467 g/mol. The fourth-order valence-electron chi connectivity index (χ4n) is 4.06. The topological polar surface area (TPSA) is 20.2 Å². The molecule has 0 aliphatic carbocycles. The van der Waals surface area contributed by atoms with Crippen molar-refractivity contribution < 1.29 is 5.11 Å². The summed E-state index contributed by atoms with van der Waals surface area (Å²) in [6.45, 7) is 7.01. The molecule has 0 bridgehead atoms. The molecule has 2 unspecified atom stereocenters. The number of rotatable bonds is 21. The standard InChI is InChI=1S/C28H50OS2/c1-4-6-8-10-12-14-21-30-23-20-25(3)28(26-16-18-27(29)19-17-26)24-31-22-15-13-11-9-7-5-2/h16-19,25,28-29H,4-15,20-24H2,1-3H3. The predicted octanol–water partition coefficient (Wildman–Crippen LogP) is 9.69. The maximum atomic E-state index is 9.70. The number of thioether (sulfide) groups is 2. The minimum absolute atomic E-state index is 0.379. The van der Waals surface area contributed by atoms with Crippen molar-refractivity contribution in [2.45, 2.75) is 110 Å². The molecular weight excluding hydrogens is 416 g/mol. The molecule has 0 amide bonds. The van der Waals surface area contributed by atoms with Gasteiger partial charge < -0.3 is 5.11 Å². The third-order valence-corrected chi connectivity index (χ3v) is 8.58. The van der Waals surface area contributed by atoms with Crippen LogP contribution in [0.1, 0.15) is 116 Å². The molecule has 0 heterocycles. The molecule has 0 saturated carbocycles. The van der Waals surface area contributed by atoms with Crippen LogP contribution in [-0.2, 0) is 0 Å². The fourth-order valence-corrected chi connectivity index (χ4v) is 6.56. The molecule has 0 radical (unpaired) electrons. The van der Waals surface area contributed by atoms with E-state index in [4.69, 9.17) is 0 Å². The Bertz CT molecular complexity index is 502.